The number of anilines is 1. The van der Waals surface area contributed by atoms with Crippen LogP contribution in [0, 0.1) is 20.8 Å². The van der Waals surface area contributed by atoms with Crippen LogP contribution in [0.25, 0.3) is 11.1 Å². The van der Waals surface area contributed by atoms with Gasteiger partial charge in [0.1, 0.15) is 12.1 Å². The molecular formula is C27H27ClF2N2O3. The molecule has 0 heterocycles. The number of rotatable bonds is 8. The van der Waals surface area contributed by atoms with E-state index < -0.39 is 30.4 Å². The van der Waals surface area contributed by atoms with Gasteiger partial charge in [0.05, 0.1) is 0 Å². The summed E-state index contributed by atoms with van der Waals surface area (Å²) in [7, 11) is 0. The van der Waals surface area contributed by atoms with Crippen LogP contribution in [0.3, 0.4) is 0 Å². The lowest BCUT2D eigenvalue weighted by Gasteiger charge is -2.21. The number of amides is 1. The number of aliphatic carboxylic acids is 1. The molecule has 2 atom stereocenters. The van der Waals surface area contributed by atoms with E-state index in [1.165, 1.54) is 6.92 Å². The van der Waals surface area contributed by atoms with Gasteiger partial charge in [-0.2, -0.15) is 0 Å². The van der Waals surface area contributed by atoms with Gasteiger partial charge in [-0.05, 0) is 79.3 Å². The number of carboxylic acids is 1. The molecule has 0 radical (unpaired) electrons. The van der Waals surface area contributed by atoms with E-state index in [9.17, 15) is 18.4 Å². The van der Waals surface area contributed by atoms with Gasteiger partial charge in [-0.15, -0.1) is 0 Å². The summed E-state index contributed by atoms with van der Waals surface area (Å²) in [6.07, 6.45) is -2.64. The maximum atomic E-state index is 13.9. The van der Waals surface area contributed by atoms with Crippen LogP contribution in [0.5, 0.6) is 0 Å². The van der Waals surface area contributed by atoms with Gasteiger partial charge in [0.2, 0.25) is 0 Å². The lowest BCUT2D eigenvalue weighted by molar-refractivity contribution is -0.138. The van der Waals surface area contributed by atoms with Gasteiger partial charge in [-0.3, -0.25) is 9.59 Å². The molecule has 0 saturated carbocycles. The number of aryl methyl sites for hydroxylation is 3. The molecule has 0 spiro atoms. The molecule has 0 aromatic heterocycles. The molecule has 8 heteroatoms. The molecule has 35 heavy (non-hydrogen) atoms. The first-order chi connectivity index (χ1) is 16.5. The minimum atomic E-state index is -2.64. The van der Waals surface area contributed by atoms with Gasteiger partial charge < -0.3 is 15.7 Å². The molecule has 0 bridgehead atoms. The Bertz CT molecular complexity index is 1240. The Hall–Kier alpha value is -3.45. The van der Waals surface area contributed by atoms with Crippen molar-refractivity contribution >= 4 is 29.2 Å². The fourth-order valence-electron chi connectivity index (χ4n) is 3.94. The molecule has 0 aliphatic carbocycles. The molecule has 1 amide bonds. The summed E-state index contributed by atoms with van der Waals surface area (Å²) in [4.78, 5) is 23.7. The lowest BCUT2D eigenvalue weighted by atomic mass is 9.94. The number of hydrogen-bond donors (Lipinski definition) is 3. The molecule has 3 aromatic rings. The topological polar surface area (TPSA) is 78.4 Å². The van der Waals surface area contributed by atoms with Crippen molar-refractivity contribution in [2.24, 2.45) is 0 Å². The quantitative estimate of drug-likeness (QED) is 0.327. The van der Waals surface area contributed by atoms with Crippen LogP contribution >= 0.6 is 11.6 Å². The summed E-state index contributed by atoms with van der Waals surface area (Å²) >= 11 is 6.05. The van der Waals surface area contributed by atoms with Crippen molar-refractivity contribution in [1.29, 1.82) is 0 Å². The fourth-order valence-corrected chi connectivity index (χ4v) is 4.06. The fraction of sp³-hybridized carbons (Fsp3) is 0.259. The predicted molar refractivity (Wildman–Crippen MR) is 134 cm³/mol. The van der Waals surface area contributed by atoms with Crippen molar-refractivity contribution in [3.05, 3.63) is 87.4 Å². The van der Waals surface area contributed by atoms with Crippen LogP contribution in [0.15, 0.2) is 54.6 Å². The SMILES string of the molecule is Cc1cc([C@H](Nc2cccc(-c3cc(C)c(C(=O)NC(C)C(=O)O)c(C)c3)c2)C(F)F)ccc1Cl. The Balaban J connectivity index is 1.89. The van der Waals surface area contributed by atoms with Gasteiger partial charge in [0.15, 0.2) is 0 Å². The molecule has 0 aliphatic heterocycles. The van der Waals surface area contributed by atoms with E-state index in [2.05, 4.69) is 10.6 Å². The molecule has 1 unspecified atom stereocenters. The molecule has 0 aliphatic rings. The Kier molecular flexibility index (Phi) is 8.12. The van der Waals surface area contributed by atoms with E-state index in [4.69, 9.17) is 16.7 Å². The van der Waals surface area contributed by atoms with Gasteiger partial charge in [0.25, 0.3) is 12.3 Å². The molecular weight excluding hydrogens is 474 g/mol. The summed E-state index contributed by atoms with van der Waals surface area (Å²) in [5, 5.41) is 15.0. The Morgan fingerprint density at radius 2 is 1.57 bits per heavy atom. The summed E-state index contributed by atoms with van der Waals surface area (Å²) in [6, 6.07) is 13.4. The largest absolute Gasteiger partial charge is 0.480 e. The number of alkyl halides is 2. The standard InChI is InChI=1S/C27H27ClF2N2O3/c1-14-10-19(8-9-22(14)28)24(25(29)30)32-21-7-5-6-18(13-21)20-11-15(2)23(16(3)12-20)26(33)31-17(4)27(34)35/h5-13,17,24-25,32H,1-4H3,(H,31,33)(H,34,35)/t17?,24-/m0/s1. The number of halogens is 3. The van der Waals surface area contributed by atoms with E-state index in [-0.39, 0.29) is 0 Å². The number of benzene rings is 3. The minimum Gasteiger partial charge on any atom is -0.480 e. The maximum Gasteiger partial charge on any atom is 0.325 e. The van der Waals surface area contributed by atoms with Gasteiger partial charge in [-0.1, -0.05) is 48.0 Å². The third-order valence-corrected chi connectivity index (χ3v) is 6.21. The molecule has 3 aromatic carbocycles. The minimum absolute atomic E-state index is 0.409. The third-order valence-electron chi connectivity index (χ3n) is 5.79. The first-order valence-corrected chi connectivity index (χ1v) is 11.4. The second-order valence-corrected chi connectivity index (χ2v) is 8.97. The Morgan fingerprint density at radius 3 is 2.14 bits per heavy atom. The predicted octanol–water partition coefficient (Wildman–Crippen LogP) is 6.55. The molecule has 5 nitrogen and oxygen atoms in total. The zero-order chi connectivity index (χ0) is 25.9. The van der Waals surface area contributed by atoms with Crippen LogP contribution in [-0.2, 0) is 4.79 Å². The summed E-state index contributed by atoms with van der Waals surface area (Å²) in [5.41, 5.74) is 5.03. The van der Waals surface area contributed by atoms with Crippen LogP contribution in [-0.4, -0.2) is 29.5 Å². The zero-order valence-electron chi connectivity index (χ0n) is 19.8. The molecule has 184 valence electrons. The summed E-state index contributed by atoms with van der Waals surface area (Å²) in [6.45, 7) is 6.71. The van der Waals surface area contributed by atoms with Crippen molar-refractivity contribution in [2.45, 2.75) is 46.2 Å². The highest BCUT2D eigenvalue weighted by Gasteiger charge is 2.23. The smallest absolute Gasteiger partial charge is 0.325 e. The van der Waals surface area contributed by atoms with Gasteiger partial charge >= 0.3 is 5.97 Å². The molecule has 0 fully saturated rings. The highest BCUT2D eigenvalue weighted by atomic mass is 35.5. The lowest BCUT2D eigenvalue weighted by Crippen LogP contribution is -2.38. The highest BCUT2D eigenvalue weighted by molar-refractivity contribution is 6.31. The van der Waals surface area contributed by atoms with Crippen LogP contribution < -0.4 is 10.6 Å². The average Bonchev–Trinajstić information content (AvgIpc) is 2.78. The highest BCUT2D eigenvalue weighted by Crippen LogP contribution is 2.31. The van der Waals surface area contributed by atoms with Gasteiger partial charge in [-0.25, -0.2) is 8.78 Å². The van der Waals surface area contributed by atoms with Crippen molar-refractivity contribution < 1.29 is 23.5 Å². The van der Waals surface area contributed by atoms with Crippen LogP contribution in [0.4, 0.5) is 14.5 Å². The van der Waals surface area contributed by atoms with Crippen LogP contribution in [0.2, 0.25) is 5.02 Å². The number of hydrogen-bond acceptors (Lipinski definition) is 3. The zero-order valence-corrected chi connectivity index (χ0v) is 20.6. The van der Waals surface area contributed by atoms with Gasteiger partial charge in [0, 0.05) is 16.3 Å². The molecule has 3 rings (SSSR count). The van der Waals surface area contributed by atoms with E-state index in [1.54, 1.807) is 57.2 Å². The Morgan fingerprint density at radius 1 is 0.914 bits per heavy atom. The number of nitrogens with one attached hydrogen (secondary N) is 2. The van der Waals surface area contributed by atoms with Crippen molar-refractivity contribution in [3.8, 4) is 11.1 Å². The van der Waals surface area contributed by atoms with Crippen molar-refractivity contribution in [3.63, 3.8) is 0 Å². The van der Waals surface area contributed by atoms with Crippen molar-refractivity contribution in [2.75, 3.05) is 5.32 Å². The van der Waals surface area contributed by atoms with Crippen LogP contribution in [0.1, 0.15) is 45.6 Å². The molecule has 3 N–H and O–H groups in total. The first-order valence-electron chi connectivity index (χ1n) is 11.0. The molecule has 0 saturated heterocycles. The second-order valence-electron chi connectivity index (χ2n) is 8.56. The van der Waals surface area contributed by atoms with E-state index >= 15 is 0 Å². The average molecular weight is 501 g/mol. The van der Waals surface area contributed by atoms with E-state index in [0.717, 1.165) is 16.7 Å². The summed E-state index contributed by atoms with van der Waals surface area (Å²) < 4.78 is 27.8. The number of carboxylic acid groups (broad SMARTS) is 1. The monoisotopic (exact) mass is 500 g/mol. The maximum absolute atomic E-state index is 13.9. The first kappa shape index (κ1) is 26.2. The number of carbonyl (C=O) groups excluding carboxylic acids is 1. The van der Waals surface area contributed by atoms with E-state index in [0.29, 0.717) is 33.0 Å². The third kappa shape index (κ3) is 6.17. The Labute approximate surface area is 208 Å². The number of carbonyl (C=O) groups is 2. The normalized spacial score (nSPS) is 12.8. The second kappa shape index (κ2) is 10.9. The summed E-state index contributed by atoms with van der Waals surface area (Å²) in [5.74, 6) is -1.58. The van der Waals surface area contributed by atoms with E-state index in [1.807, 2.05) is 18.2 Å². The van der Waals surface area contributed by atoms with Crippen molar-refractivity contribution in [1.82, 2.24) is 5.32 Å².